The second-order valence-electron chi connectivity index (χ2n) is 20.4. The van der Waals surface area contributed by atoms with Crippen LogP contribution in [0.4, 0.5) is 25.1 Å². The molecule has 7 heterocycles. The molecule has 1 radical (unpaired) electrons. The van der Waals surface area contributed by atoms with Crippen molar-refractivity contribution in [3.8, 4) is 0 Å². The second kappa shape index (κ2) is 28.4. The van der Waals surface area contributed by atoms with Gasteiger partial charge in [0.05, 0.1) is 19.5 Å². The van der Waals surface area contributed by atoms with E-state index in [9.17, 15) is 52.7 Å². The smallest absolute Gasteiger partial charge is 0.472 e. The molecule has 0 saturated carbocycles. The van der Waals surface area contributed by atoms with Crippen molar-refractivity contribution in [2.75, 3.05) is 37.4 Å². The van der Waals surface area contributed by atoms with Crippen molar-refractivity contribution in [3.63, 3.8) is 0 Å². The molecular formula is C48H60F2N11O18P2S2Tm-. The van der Waals surface area contributed by atoms with Gasteiger partial charge in [-0.2, -0.15) is 0 Å². The molecule has 13 atom stereocenters. The minimum atomic E-state index is -5.29. The van der Waals surface area contributed by atoms with Gasteiger partial charge in [0.25, 0.3) is 5.56 Å². The molecule has 6 amide bonds. The van der Waals surface area contributed by atoms with Crippen molar-refractivity contribution in [1.82, 2.24) is 44.2 Å². The molecule has 4 aromatic rings. The van der Waals surface area contributed by atoms with E-state index < -0.39 is 123 Å². The Morgan fingerprint density at radius 3 is 2.17 bits per heavy atom. The Morgan fingerprint density at radius 2 is 1.54 bits per heavy atom. The summed E-state index contributed by atoms with van der Waals surface area (Å²) >= 11 is 10.1. The maximum Gasteiger partial charge on any atom is 0.472 e. The second-order valence-corrected chi connectivity index (χ2v) is 25.2. The van der Waals surface area contributed by atoms with Crippen LogP contribution >= 0.6 is 14.5 Å². The number of aromatic nitrogens is 6. The molecule has 0 spiro atoms. The number of nitrogens with zero attached hydrogens (tertiary/aromatic N) is 7. The number of aromatic amines is 1. The number of ether oxygens (including phenoxy) is 3. The zero-order chi connectivity index (χ0) is 60.2. The number of hydrogen-bond donors (Lipinski definition) is 6. The number of H-pyrrole nitrogens is 1. The van der Waals surface area contributed by atoms with Gasteiger partial charge in [0.2, 0.25) is 29.5 Å². The van der Waals surface area contributed by atoms with E-state index in [1.807, 2.05) is 4.98 Å². The number of phosphoric ester groups is 1. The number of nitrogens with one attached hydrogen (secondary N) is 4. The van der Waals surface area contributed by atoms with Gasteiger partial charge in [-0.05, 0) is 54.2 Å². The summed E-state index contributed by atoms with van der Waals surface area (Å²) in [5, 5.41) is 7.30. The summed E-state index contributed by atoms with van der Waals surface area (Å²) in [5.41, 5.74) is -1.24. The van der Waals surface area contributed by atoms with Gasteiger partial charge >= 0.3 is 26.3 Å². The first kappa shape index (κ1) is 66.8. The largest absolute Gasteiger partial charge is 0.779 e. The number of amides is 6. The van der Waals surface area contributed by atoms with E-state index in [4.69, 9.17) is 56.7 Å². The summed E-state index contributed by atoms with van der Waals surface area (Å²) in [6.45, 7) is 0.693. The number of fused-ring (bicyclic) bond motifs is 3. The number of carbonyl (C=O) groups excluding carboxylic acids is 6. The third kappa shape index (κ3) is 15.9. The van der Waals surface area contributed by atoms with Gasteiger partial charge in [0.1, 0.15) is 49.4 Å². The quantitative estimate of drug-likeness (QED) is 0.0361. The summed E-state index contributed by atoms with van der Waals surface area (Å²) in [6, 6.07) is 5.26. The van der Waals surface area contributed by atoms with Gasteiger partial charge in [-0.15, -0.1) is 0 Å². The Kier molecular flexibility index (Phi) is 22.6. The first-order valence-corrected chi connectivity index (χ1v) is 30.6. The van der Waals surface area contributed by atoms with Crippen molar-refractivity contribution < 1.29 is 121 Å². The topological polar surface area (TPSA) is 366 Å². The number of anilines is 2. The Labute approximate surface area is 517 Å². The number of benzene rings is 1. The van der Waals surface area contributed by atoms with E-state index in [0.29, 0.717) is 35.1 Å². The number of alkyl halides is 2. The zero-order valence-electron chi connectivity index (χ0n) is 45.3. The van der Waals surface area contributed by atoms with E-state index in [0.717, 1.165) is 34.4 Å². The molecule has 4 fully saturated rings. The third-order valence-electron chi connectivity index (χ3n) is 13.9. The Hall–Kier alpha value is -4.73. The predicted octanol–water partition coefficient (Wildman–Crippen LogP) is 2.53. The molecule has 1 aromatic carbocycles. The van der Waals surface area contributed by atoms with Crippen molar-refractivity contribution in [1.29, 1.82) is 0 Å². The molecule has 4 aliphatic heterocycles. The van der Waals surface area contributed by atoms with E-state index in [2.05, 4.69) is 30.9 Å². The first-order valence-electron chi connectivity index (χ1n) is 26.0. The summed E-state index contributed by atoms with van der Waals surface area (Å²) in [5.74, 6) is -2.88. The number of carbonyl (C=O) groups is 6. The normalized spacial score (nSPS) is 27.9. The fraction of sp³-hybridized carbons (Fsp3) is 0.562. The molecule has 29 nitrogen and oxygen atoms in total. The van der Waals surface area contributed by atoms with Crippen LogP contribution in [0.3, 0.4) is 0 Å². The number of hydrogen-bond acceptors (Lipinski definition) is 21. The molecule has 36 heteroatoms. The molecule has 0 aliphatic carbocycles. The van der Waals surface area contributed by atoms with Crippen LogP contribution in [0.25, 0.3) is 11.2 Å². The molecular weight excluding hydrogens is 1350 g/mol. The predicted molar refractivity (Wildman–Crippen MR) is 290 cm³/mol. The maximum absolute atomic E-state index is 16.5. The van der Waals surface area contributed by atoms with Crippen LogP contribution in [-0.4, -0.2) is 165 Å². The molecule has 4 aliphatic rings. The van der Waals surface area contributed by atoms with Gasteiger partial charge in [-0.1, -0.05) is 51.5 Å². The fourth-order valence-electron chi connectivity index (χ4n) is 9.64. The summed E-state index contributed by atoms with van der Waals surface area (Å²) < 4.78 is 85.5. The number of imide groups is 1. The number of likely N-dealkylation sites (N-methyl/N-ethyl adjacent to an activating group) is 1. The molecule has 84 heavy (non-hydrogen) atoms. The van der Waals surface area contributed by atoms with Gasteiger partial charge in [-0.25, -0.2) is 37.9 Å². The first-order chi connectivity index (χ1) is 39.2. The fourth-order valence-corrected chi connectivity index (χ4v) is 12.3. The van der Waals surface area contributed by atoms with Crippen molar-refractivity contribution >= 4 is 97.3 Å². The molecule has 3 aromatic heterocycles. The minimum Gasteiger partial charge on any atom is -0.779 e. The summed E-state index contributed by atoms with van der Waals surface area (Å²) in [6.07, 6.45) is -11.6. The van der Waals surface area contributed by atoms with E-state index in [-0.39, 0.29) is 109 Å². The standard InChI is InChI=1S/C48H61F2N11O18P2S2.Tm/c1-23(2)35(56-43(66)37(24(3)4)58(5)31(63)9-7-6-8-15-59-32(64)17-29(82)44(59)67)42(65)54-26-12-10-25(11-13-26)18-73-48(69)57-40-36-41(52-21-51-40)61(22-53-36)46-33(49)38-28(77-46)20-75-81(72,83)79-39-27(19-74-80(70,71)78-38)76-45(34(39)50)60-16-14-30(62)55-47(60)68;/h10-14,16,21-24,27-29,33-35,37-39,45-46,82H,6-9,15,17-20H2,1-5H3,(H,54,65)(H,56,66)(H,70,71)(H,72,83)(H,55,62,68)(H,51,52,57,69);/p-1/t27-,28-,29?,33-,34-,35?,37?,38-,39-,45-,46-,81?;/m1./s1. The number of imidazole rings is 1. The molecule has 5 unspecified atom stereocenters. The van der Waals surface area contributed by atoms with Gasteiger partial charge < -0.3 is 56.7 Å². The Bertz CT molecular complexity index is 3310. The van der Waals surface area contributed by atoms with Gasteiger partial charge in [0, 0.05) is 81.3 Å². The van der Waals surface area contributed by atoms with Crippen LogP contribution in [0.1, 0.15) is 77.8 Å². The van der Waals surface area contributed by atoms with E-state index in [1.54, 1.807) is 52.0 Å². The summed E-state index contributed by atoms with van der Waals surface area (Å²) in [7, 11) is -3.76. The Morgan fingerprint density at radius 1 is 0.881 bits per heavy atom. The average molecular weight is 1410 g/mol. The SMILES string of the molecule is CC(C)C(NC(=O)C(C(C)C)N(C)C(=O)CCCCCN1C(=O)CC([S-])C1=O)C(=O)Nc1ccc(COC(=O)Nc2ncnc3c2ncn3[C@@H]2O[C@@H]3COP(O)(=S)O[C@H]4[C@@H](F)[C@H](n5ccc(=O)[nH]c5=O)O[C@@H]4COP(=O)(O)O[C@H]3[C@H]2F)cc1.[Tm]. The number of phosphoric acid groups is 1. The molecule has 465 valence electrons. The van der Waals surface area contributed by atoms with Gasteiger partial charge in [-0.3, -0.25) is 66.7 Å². The van der Waals surface area contributed by atoms with Crippen molar-refractivity contribution in [2.24, 2.45) is 11.8 Å². The maximum atomic E-state index is 16.5. The molecule has 6 N–H and O–H groups in total. The van der Waals surface area contributed by atoms with Crippen LogP contribution in [0.5, 0.6) is 0 Å². The minimum absolute atomic E-state index is 0. The number of rotatable bonds is 18. The number of unbranched alkanes of at least 4 members (excludes halogenated alkanes) is 2. The van der Waals surface area contributed by atoms with Crippen LogP contribution < -0.4 is 27.2 Å². The summed E-state index contributed by atoms with van der Waals surface area (Å²) in [4.78, 5) is 141. The van der Waals surface area contributed by atoms with Crippen LogP contribution in [-0.2, 0) is 91.9 Å². The molecule has 0 bridgehead atoms. The average Bonchev–Trinajstić information content (AvgIpc) is 4.34. The zero-order valence-corrected chi connectivity index (χ0v) is 50.5. The van der Waals surface area contributed by atoms with Crippen LogP contribution in [0.15, 0.2) is 58.8 Å². The molecule has 8 rings (SSSR count). The van der Waals surface area contributed by atoms with E-state index in [1.165, 1.54) is 11.9 Å². The third-order valence-corrected chi connectivity index (χ3v) is 16.8. The van der Waals surface area contributed by atoms with Crippen LogP contribution in [0, 0.1) is 48.7 Å². The van der Waals surface area contributed by atoms with Crippen LogP contribution in [0.2, 0.25) is 0 Å². The van der Waals surface area contributed by atoms with E-state index >= 15 is 8.78 Å². The van der Waals surface area contributed by atoms with Gasteiger partial charge in [0.15, 0.2) is 41.8 Å². The molecule has 4 saturated heterocycles. The Balaban J connectivity index is 0.0000101. The number of halogens is 2. The monoisotopic (exact) mass is 1410 g/mol. The van der Waals surface area contributed by atoms with Crippen molar-refractivity contribution in [3.05, 3.63) is 75.6 Å². The number of likely N-dealkylation sites (tertiary alicyclic amines) is 1. The van der Waals surface area contributed by atoms with Crippen molar-refractivity contribution in [2.45, 2.75) is 133 Å².